The van der Waals surface area contributed by atoms with Crippen molar-refractivity contribution in [2.45, 2.75) is 0 Å². The van der Waals surface area contributed by atoms with Crippen molar-refractivity contribution in [3.8, 4) is 22.3 Å². The highest BCUT2D eigenvalue weighted by Crippen LogP contribution is 2.43. The lowest BCUT2D eigenvalue weighted by Gasteiger charge is -2.14. The van der Waals surface area contributed by atoms with Gasteiger partial charge in [0, 0.05) is 10.8 Å². The summed E-state index contributed by atoms with van der Waals surface area (Å²) >= 11 is 0. The van der Waals surface area contributed by atoms with Crippen molar-refractivity contribution in [2.75, 3.05) is 0 Å². The molecule has 206 valence electrons. The summed E-state index contributed by atoms with van der Waals surface area (Å²) in [5.74, 6) is 0. The minimum absolute atomic E-state index is 0.199. The highest BCUT2D eigenvalue weighted by Gasteiger charge is 2.16. The summed E-state index contributed by atoms with van der Waals surface area (Å²) in [6, 6.07) is -17.4. The van der Waals surface area contributed by atoms with Crippen LogP contribution in [-0.2, 0) is 0 Å². The van der Waals surface area contributed by atoms with Crippen molar-refractivity contribution < 1.29 is 37.3 Å². The number of hydrogen-bond donors (Lipinski definition) is 0. The van der Waals surface area contributed by atoms with Gasteiger partial charge in [-0.05, 0) is 111 Å². The molecule has 0 aliphatic heterocycles. The van der Waals surface area contributed by atoms with Crippen LogP contribution in [0.4, 0.5) is 0 Å². The Morgan fingerprint density at radius 2 is 0.689 bits per heavy atom. The van der Waals surface area contributed by atoms with E-state index in [0.717, 1.165) is 0 Å². The Morgan fingerprint density at radius 1 is 0.333 bits per heavy atom. The van der Waals surface area contributed by atoms with Crippen LogP contribution in [0.2, 0.25) is 0 Å². The SMILES string of the molecule is [2H]c1c([2H])c2c([2H])c([2H])c3c([2H])c([2H])c(-c4c([2H])c([2H])c5c(oc6c([2H])c(-c7c([2H])c([2H])c8c([2H])c([2H])c9c([2H])c([2H])c([2H])c%10c([2H])c([2H])c7c8c9%10)c([2H])c([2H])c65)c4[2H])c4c([2H])c([2H])c(c1[2H])c2c34. The molecule has 1 nitrogen and oxygen atoms in total. The van der Waals surface area contributed by atoms with Gasteiger partial charge in [0.2, 0.25) is 0 Å². The van der Waals surface area contributed by atoms with E-state index in [1.165, 1.54) is 0 Å². The van der Waals surface area contributed by atoms with Crippen molar-refractivity contribution in [1.82, 2.24) is 0 Å². The maximum Gasteiger partial charge on any atom is 0.136 e. The molecule has 0 unspecified atom stereocenters. The molecule has 1 aromatic heterocycles. The van der Waals surface area contributed by atoms with E-state index in [0.29, 0.717) is 0 Å². The van der Waals surface area contributed by atoms with E-state index in [1.54, 1.807) is 0 Å². The third kappa shape index (κ3) is 3.12. The Labute approximate surface area is 291 Å². The molecule has 0 radical (unpaired) electrons. The van der Waals surface area contributed by atoms with Crippen LogP contribution in [0.1, 0.15) is 32.9 Å². The molecule has 0 fully saturated rings. The molecule has 0 atom stereocenters. The lowest BCUT2D eigenvalue weighted by atomic mass is 9.89. The fraction of sp³-hybridized carbons (Fsp3) is 0. The fourth-order valence-electron chi connectivity index (χ4n) is 6.14. The Hall–Kier alpha value is -5.92. The maximum atomic E-state index is 9.54. The second kappa shape index (κ2) is 8.37. The Kier molecular flexibility index (Phi) is 1.97. The number of fused-ring (bicyclic) bond motifs is 3. The molecule has 0 N–H and O–H groups in total. The zero-order valence-corrected chi connectivity index (χ0v) is 22.4. The van der Waals surface area contributed by atoms with Crippen LogP contribution >= 0.6 is 0 Å². The lowest BCUT2D eigenvalue weighted by Crippen LogP contribution is -1.87. The summed E-state index contributed by atoms with van der Waals surface area (Å²) < 4.78 is 222. The Balaban J connectivity index is 1.29. The third-order valence-electron chi connectivity index (χ3n) is 8.14. The van der Waals surface area contributed by atoms with Gasteiger partial charge in [0.05, 0.1) is 32.9 Å². The second-order valence-corrected chi connectivity index (χ2v) is 10.5. The summed E-state index contributed by atoms with van der Waals surface area (Å²) in [5.41, 5.74) is -3.50. The molecule has 0 aliphatic rings. The molecule has 10 aromatic carbocycles. The first kappa shape index (κ1) is 10.6. The van der Waals surface area contributed by atoms with Crippen molar-refractivity contribution in [3.05, 3.63) is 145 Å². The van der Waals surface area contributed by atoms with Gasteiger partial charge in [0.25, 0.3) is 0 Å². The van der Waals surface area contributed by atoms with Crippen LogP contribution in [0.15, 0.2) is 149 Å². The summed E-state index contributed by atoms with van der Waals surface area (Å²) in [6.45, 7) is 0. The van der Waals surface area contributed by atoms with Gasteiger partial charge in [-0.2, -0.15) is 0 Å². The van der Waals surface area contributed by atoms with Gasteiger partial charge < -0.3 is 4.42 Å². The van der Waals surface area contributed by atoms with E-state index in [9.17, 15) is 13.7 Å². The average molecular weight is 593 g/mol. The predicted molar refractivity (Wildman–Crippen MR) is 192 cm³/mol. The van der Waals surface area contributed by atoms with Crippen molar-refractivity contribution in [1.29, 1.82) is 0 Å². The zero-order valence-electron chi connectivity index (χ0n) is 46.4. The first-order valence-corrected chi connectivity index (χ1v) is 13.7. The van der Waals surface area contributed by atoms with Gasteiger partial charge in [0.15, 0.2) is 0 Å². The van der Waals surface area contributed by atoms with E-state index in [1.807, 2.05) is 0 Å². The van der Waals surface area contributed by atoms with Crippen LogP contribution in [-0.4, -0.2) is 0 Å². The van der Waals surface area contributed by atoms with Gasteiger partial charge in [-0.25, -0.2) is 0 Å². The highest BCUT2D eigenvalue weighted by atomic mass is 16.3. The molecule has 11 rings (SSSR count). The second-order valence-electron chi connectivity index (χ2n) is 10.5. The van der Waals surface area contributed by atoms with E-state index in [-0.39, 0.29) is 53.9 Å². The molecule has 0 spiro atoms. The highest BCUT2D eigenvalue weighted by molar-refractivity contribution is 6.27. The monoisotopic (exact) mass is 592 g/mol. The number of furan rings is 1. The summed E-state index contributed by atoms with van der Waals surface area (Å²) in [5, 5.41) is -4.66. The minimum Gasteiger partial charge on any atom is -0.456 e. The largest absolute Gasteiger partial charge is 0.456 e. The quantitative estimate of drug-likeness (QED) is 0.182. The van der Waals surface area contributed by atoms with E-state index >= 15 is 0 Å². The molecular formula is C44H24O. The fourth-order valence-corrected chi connectivity index (χ4v) is 6.14. The lowest BCUT2D eigenvalue weighted by molar-refractivity contribution is 0.669. The molecule has 0 bridgehead atoms. The van der Waals surface area contributed by atoms with Crippen LogP contribution in [0.25, 0.3) is 109 Å². The molecule has 0 saturated carbocycles. The first-order chi connectivity index (χ1) is 32.3. The zero-order chi connectivity index (χ0) is 50.1. The first-order valence-electron chi connectivity index (χ1n) is 25.7. The van der Waals surface area contributed by atoms with Crippen molar-refractivity contribution >= 4 is 86.6 Å². The van der Waals surface area contributed by atoms with E-state index < -0.39 is 200 Å². The van der Waals surface area contributed by atoms with Gasteiger partial charge in [0.1, 0.15) is 11.2 Å². The third-order valence-corrected chi connectivity index (χ3v) is 8.14. The smallest absolute Gasteiger partial charge is 0.136 e. The van der Waals surface area contributed by atoms with E-state index in [2.05, 4.69) is 0 Å². The van der Waals surface area contributed by atoms with Gasteiger partial charge in [-0.15, -0.1) is 0 Å². The molecule has 1 heterocycles. The normalized spacial score (nSPS) is 19.9. The minimum atomic E-state index is -0.840. The van der Waals surface area contributed by atoms with Crippen LogP contribution < -0.4 is 0 Å². The maximum absolute atomic E-state index is 9.54. The number of benzene rings is 10. The molecule has 45 heavy (non-hydrogen) atoms. The topological polar surface area (TPSA) is 13.1 Å². The van der Waals surface area contributed by atoms with Crippen LogP contribution in [0.5, 0.6) is 0 Å². The molecule has 0 aliphatic carbocycles. The standard InChI is InChI=1S/C44H24O/c1-3-25-7-9-29-11-17-33(37-21-13-27(5-1)41(25)43(29)37)31-15-19-35-36-20-16-32(24-40(36)45-39(35)23-31)34-18-12-30-10-8-26-4-2-6-28-14-22-38(34)44(30)42(26)28/h1-24H/i1D,2D,3D,4D,5D,6D,7D,8D,9D,10D,11D,12D,13D,14D,15D,16D,17D,18D,19D,20D,21D,22D,23D,24D. The van der Waals surface area contributed by atoms with Gasteiger partial charge in [-0.3, -0.25) is 0 Å². The van der Waals surface area contributed by atoms with Crippen molar-refractivity contribution in [3.63, 3.8) is 0 Å². The Morgan fingerprint density at radius 3 is 1.13 bits per heavy atom. The van der Waals surface area contributed by atoms with Crippen LogP contribution in [0, 0.1) is 0 Å². The summed E-state index contributed by atoms with van der Waals surface area (Å²) in [7, 11) is 0. The molecule has 0 amide bonds. The molecule has 11 aromatic rings. The van der Waals surface area contributed by atoms with Crippen molar-refractivity contribution in [2.24, 2.45) is 0 Å². The Bertz CT molecular complexity index is 4020. The van der Waals surface area contributed by atoms with E-state index in [4.69, 9.17) is 23.6 Å². The summed E-state index contributed by atoms with van der Waals surface area (Å²) in [6.07, 6.45) is 0. The van der Waals surface area contributed by atoms with Crippen LogP contribution in [0.3, 0.4) is 0 Å². The summed E-state index contributed by atoms with van der Waals surface area (Å²) in [4.78, 5) is 0. The number of hydrogen-bond acceptors (Lipinski definition) is 1. The number of rotatable bonds is 2. The molecule has 1 heteroatoms. The predicted octanol–water partition coefficient (Wildman–Crippen LogP) is 12.7. The van der Waals surface area contributed by atoms with Gasteiger partial charge >= 0.3 is 0 Å². The molecular weight excluding hydrogens is 544 g/mol. The molecule has 0 saturated heterocycles. The average Bonchev–Trinajstić information content (AvgIpc) is 3.72. The van der Waals surface area contributed by atoms with Gasteiger partial charge in [-0.1, -0.05) is 121 Å².